The summed E-state index contributed by atoms with van der Waals surface area (Å²) >= 11 is 3.12. The van der Waals surface area contributed by atoms with E-state index in [1.54, 1.807) is 84.2 Å². The molecular formula is C22H18CuN6O2S2. The van der Waals surface area contributed by atoms with Crippen LogP contribution in [0.3, 0.4) is 0 Å². The van der Waals surface area contributed by atoms with Crippen molar-refractivity contribution >= 4 is 46.9 Å². The summed E-state index contributed by atoms with van der Waals surface area (Å²) in [5.74, 6) is -0.481. The molecule has 0 saturated heterocycles. The van der Waals surface area contributed by atoms with Gasteiger partial charge in [-0.1, -0.05) is 12.1 Å². The van der Waals surface area contributed by atoms with Gasteiger partial charge in [-0.3, -0.25) is 19.6 Å². The van der Waals surface area contributed by atoms with Crippen molar-refractivity contribution in [2.45, 2.75) is 0 Å². The van der Waals surface area contributed by atoms with Gasteiger partial charge in [-0.15, -0.1) is 22.7 Å². The first-order valence-corrected chi connectivity index (χ1v) is 11.0. The Kier molecular flexibility index (Phi) is 11.3. The van der Waals surface area contributed by atoms with E-state index < -0.39 is 0 Å². The molecule has 4 aromatic rings. The molecule has 1 radical (unpaired) electrons. The summed E-state index contributed by atoms with van der Waals surface area (Å²) in [6.07, 6.45) is 9.50. The number of nitrogens with one attached hydrogen (secondary N) is 2. The molecule has 4 aromatic heterocycles. The number of thiophene rings is 2. The van der Waals surface area contributed by atoms with Crippen molar-refractivity contribution in [2.75, 3.05) is 0 Å². The van der Waals surface area contributed by atoms with Gasteiger partial charge in [-0.25, -0.2) is 10.9 Å². The first-order valence-electron chi connectivity index (χ1n) is 9.26. The number of pyridine rings is 2. The third-order valence-corrected chi connectivity index (χ3v) is 5.30. The number of carbonyl (C=O) groups is 2. The van der Waals surface area contributed by atoms with Crippen molar-refractivity contribution in [3.63, 3.8) is 0 Å². The van der Waals surface area contributed by atoms with Gasteiger partial charge < -0.3 is 0 Å². The average molecular weight is 526 g/mol. The van der Waals surface area contributed by atoms with E-state index in [9.17, 15) is 9.59 Å². The van der Waals surface area contributed by atoms with Crippen LogP contribution in [0.25, 0.3) is 0 Å². The Morgan fingerprint density at radius 1 is 0.697 bits per heavy atom. The summed E-state index contributed by atoms with van der Waals surface area (Å²) < 4.78 is 0. The summed E-state index contributed by atoms with van der Waals surface area (Å²) in [6.45, 7) is 0. The van der Waals surface area contributed by atoms with Crippen LogP contribution in [-0.2, 0) is 17.1 Å². The fraction of sp³-hybridized carbons (Fsp3) is 0. The quantitative estimate of drug-likeness (QED) is 0.226. The average Bonchev–Trinajstić information content (AvgIpc) is 3.55. The number of hydrogen-bond acceptors (Lipinski definition) is 8. The molecule has 0 unspecified atom stereocenters. The van der Waals surface area contributed by atoms with Gasteiger partial charge in [0, 0.05) is 62.7 Å². The Morgan fingerprint density at radius 3 is 1.42 bits per heavy atom. The monoisotopic (exact) mass is 525 g/mol. The van der Waals surface area contributed by atoms with Crippen LogP contribution in [0, 0.1) is 0 Å². The third kappa shape index (κ3) is 9.26. The molecule has 2 N–H and O–H groups in total. The van der Waals surface area contributed by atoms with Crippen molar-refractivity contribution in [1.29, 1.82) is 0 Å². The second-order valence-corrected chi connectivity index (χ2v) is 7.86. The first-order chi connectivity index (χ1) is 15.7. The normalized spacial score (nSPS) is 10.2. The van der Waals surface area contributed by atoms with Gasteiger partial charge in [0.1, 0.15) is 0 Å². The second-order valence-electron chi connectivity index (χ2n) is 5.90. The number of nitrogens with zero attached hydrogens (tertiary/aromatic N) is 4. The third-order valence-electron chi connectivity index (χ3n) is 3.69. The Bertz CT molecular complexity index is 1060. The summed E-state index contributed by atoms with van der Waals surface area (Å²) in [5, 5.41) is 11.6. The van der Waals surface area contributed by atoms with Gasteiger partial charge in [0.25, 0.3) is 11.8 Å². The Morgan fingerprint density at radius 2 is 1.09 bits per heavy atom. The largest absolute Gasteiger partial charge is 0.271 e. The molecule has 4 rings (SSSR count). The maximum atomic E-state index is 11.5. The molecule has 171 valence electrons. The molecule has 0 aliphatic carbocycles. The summed E-state index contributed by atoms with van der Waals surface area (Å²) in [4.78, 5) is 32.7. The maximum absolute atomic E-state index is 11.5. The number of aromatic nitrogens is 2. The molecule has 0 aliphatic rings. The minimum atomic E-state index is -0.241. The predicted molar refractivity (Wildman–Crippen MR) is 127 cm³/mol. The van der Waals surface area contributed by atoms with Crippen LogP contribution in [0.15, 0.2) is 94.3 Å². The van der Waals surface area contributed by atoms with Gasteiger partial charge in [0.15, 0.2) is 0 Å². The number of carbonyl (C=O) groups excluding carboxylic acids is 2. The van der Waals surface area contributed by atoms with Crippen LogP contribution in [0.5, 0.6) is 0 Å². The molecule has 8 nitrogen and oxygen atoms in total. The van der Waals surface area contributed by atoms with Gasteiger partial charge in [-0.2, -0.15) is 10.2 Å². The summed E-state index contributed by atoms with van der Waals surface area (Å²) in [6, 6.07) is 14.2. The zero-order valence-corrected chi connectivity index (χ0v) is 19.5. The van der Waals surface area contributed by atoms with E-state index in [1.807, 2.05) is 35.0 Å². The summed E-state index contributed by atoms with van der Waals surface area (Å²) in [7, 11) is 0. The summed E-state index contributed by atoms with van der Waals surface area (Å²) in [5.41, 5.74) is 5.97. The molecule has 0 atom stereocenters. The molecule has 0 aromatic carbocycles. The molecular weight excluding hydrogens is 508 g/mol. The fourth-order valence-corrected chi connectivity index (χ4v) is 3.34. The zero-order chi connectivity index (χ0) is 22.4. The number of rotatable bonds is 6. The van der Waals surface area contributed by atoms with E-state index in [0.717, 1.165) is 9.75 Å². The number of hydrogen-bond donors (Lipinski definition) is 2. The molecule has 11 heteroatoms. The SMILES string of the molecule is O=C(N/N=C/c1cccs1)c1ccncc1.O=C(N/N=C/c1cccs1)c1ccncc1.[Cu]. The van der Waals surface area contributed by atoms with Gasteiger partial charge in [0.05, 0.1) is 12.4 Å². The van der Waals surface area contributed by atoms with E-state index in [-0.39, 0.29) is 28.9 Å². The molecule has 0 fully saturated rings. The molecule has 0 saturated carbocycles. The van der Waals surface area contributed by atoms with Crippen molar-refractivity contribution in [3.8, 4) is 0 Å². The van der Waals surface area contributed by atoms with E-state index >= 15 is 0 Å². The van der Waals surface area contributed by atoms with E-state index in [4.69, 9.17) is 0 Å². The smallest absolute Gasteiger partial charge is 0.267 e. The van der Waals surface area contributed by atoms with Crippen molar-refractivity contribution in [2.24, 2.45) is 10.2 Å². The van der Waals surface area contributed by atoms with E-state index in [1.165, 1.54) is 0 Å². The zero-order valence-electron chi connectivity index (χ0n) is 17.0. The number of amides is 2. The minimum absolute atomic E-state index is 0. The maximum Gasteiger partial charge on any atom is 0.271 e. The van der Waals surface area contributed by atoms with Crippen molar-refractivity contribution < 1.29 is 26.7 Å². The van der Waals surface area contributed by atoms with Gasteiger partial charge in [-0.05, 0) is 47.2 Å². The van der Waals surface area contributed by atoms with Gasteiger partial charge in [0.2, 0.25) is 0 Å². The van der Waals surface area contributed by atoms with Gasteiger partial charge >= 0.3 is 0 Å². The number of hydrazone groups is 2. The van der Waals surface area contributed by atoms with Crippen LogP contribution in [0.1, 0.15) is 30.5 Å². The Balaban J connectivity index is 0.000000227. The van der Waals surface area contributed by atoms with Crippen molar-refractivity contribution in [1.82, 2.24) is 20.8 Å². The minimum Gasteiger partial charge on any atom is -0.267 e. The fourth-order valence-electron chi connectivity index (χ4n) is 2.17. The van der Waals surface area contributed by atoms with Crippen LogP contribution in [-0.4, -0.2) is 34.2 Å². The van der Waals surface area contributed by atoms with E-state index in [0.29, 0.717) is 11.1 Å². The molecule has 2 amide bonds. The van der Waals surface area contributed by atoms with Crippen LogP contribution in [0.2, 0.25) is 0 Å². The standard InChI is InChI=1S/2C11H9N3OS.Cu/c2*15-11(9-3-5-12-6-4-9)14-13-8-10-2-1-7-16-10;/h2*1-8H,(H,14,15);/b2*13-8+;. The molecule has 0 spiro atoms. The Labute approximate surface area is 209 Å². The molecule has 33 heavy (non-hydrogen) atoms. The predicted octanol–water partition coefficient (Wildman–Crippen LogP) is 3.81. The molecule has 4 heterocycles. The first kappa shape index (κ1) is 25.8. The topological polar surface area (TPSA) is 109 Å². The van der Waals surface area contributed by atoms with Crippen LogP contribution >= 0.6 is 22.7 Å². The molecule has 0 bridgehead atoms. The Hall–Kier alpha value is -3.50. The second kappa shape index (κ2) is 14.5. The van der Waals surface area contributed by atoms with Crippen LogP contribution in [0.4, 0.5) is 0 Å². The molecule has 0 aliphatic heterocycles. The van der Waals surface area contributed by atoms with E-state index in [2.05, 4.69) is 31.0 Å². The van der Waals surface area contributed by atoms with Crippen LogP contribution < -0.4 is 10.9 Å². The van der Waals surface area contributed by atoms with Crippen molar-refractivity contribution in [3.05, 3.63) is 105 Å².